The SMILES string of the molecule is CC(C)(C)OC(=O)N1CC(F)(C(=O)O)C1.CCOC(=O)C1=C(CN2CC(F)(C(=O)O)C2)NC(c2nccs2)=N[C@H]1c1ccc(F)cc1Cl.O=C(O)C1(F)CCC1. The molecule has 1 saturated carbocycles. The van der Waals surface area contributed by atoms with E-state index in [1.807, 2.05) is 0 Å². The fourth-order valence-corrected chi connectivity index (χ4v) is 6.41. The van der Waals surface area contributed by atoms with Gasteiger partial charge in [0.2, 0.25) is 17.0 Å². The van der Waals surface area contributed by atoms with Crippen LogP contribution in [0.3, 0.4) is 0 Å². The van der Waals surface area contributed by atoms with Crippen molar-refractivity contribution in [2.24, 2.45) is 4.99 Å². The van der Waals surface area contributed by atoms with E-state index < -0.39 is 77.5 Å². The van der Waals surface area contributed by atoms with Crippen LogP contribution < -0.4 is 5.32 Å². The number of thiazole rings is 1. The van der Waals surface area contributed by atoms with Gasteiger partial charge in [0.05, 0.1) is 25.3 Å². The smallest absolute Gasteiger partial charge is 0.410 e. The summed E-state index contributed by atoms with van der Waals surface area (Å²) in [5.41, 5.74) is -6.32. The van der Waals surface area contributed by atoms with Crippen molar-refractivity contribution in [2.75, 3.05) is 39.3 Å². The summed E-state index contributed by atoms with van der Waals surface area (Å²) in [5.74, 6) is -5.24. The third-order valence-electron chi connectivity index (χ3n) is 8.67. The average molecular weight is 834 g/mol. The number of likely N-dealkylation sites (tertiary alicyclic amines) is 2. The molecule has 1 aliphatic carbocycles. The average Bonchev–Trinajstić information content (AvgIpc) is 3.59. The molecule has 1 aromatic heterocycles. The highest BCUT2D eigenvalue weighted by atomic mass is 35.5. The molecule has 0 unspecified atom stereocenters. The van der Waals surface area contributed by atoms with Gasteiger partial charge in [0.25, 0.3) is 0 Å². The predicted molar refractivity (Wildman–Crippen MR) is 192 cm³/mol. The molecule has 3 aliphatic heterocycles. The van der Waals surface area contributed by atoms with E-state index in [0.717, 1.165) is 11.0 Å². The number of hydrogen-bond donors (Lipinski definition) is 4. The highest BCUT2D eigenvalue weighted by molar-refractivity contribution is 7.11. The number of esters is 1. The second kappa shape index (κ2) is 17.1. The number of rotatable bonds is 9. The Kier molecular flexibility index (Phi) is 13.4. The van der Waals surface area contributed by atoms with Crippen molar-refractivity contribution in [2.45, 2.75) is 75.6 Å². The maximum Gasteiger partial charge on any atom is 0.410 e. The zero-order valence-corrected chi connectivity index (χ0v) is 32.2. The molecule has 1 amide bonds. The minimum atomic E-state index is -2.34. The molecule has 3 fully saturated rings. The van der Waals surface area contributed by atoms with Crippen LogP contribution in [0.25, 0.3) is 0 Å². The van der Waals surface area contributed by atoms with E-state index in [4.69, 9.17) is 36.4 Å². The molecule has 4 N–H and O–H groups in total. The number of carboxylic acid groups (broad SMARTS) is 3. The van der Waals surface area contributed by atoms with E-state index in [2.05, 4.69) is 15.3 Å². The molecule has 0 radical (unpaired) electrons. The first kappa shape index (κ1) is 43.9. The number of carboxylic acids is 3. The lowest BCUT2D eigenvalue weighted by atomic mass is 9.82. The summed E-state index contributed by atoms with van der Waals surface area (Å²) < 4.78 is 63.8. The van der Waals surface area contributed by atoms with Crippen LogP contribution >= 0.6 is 22.9 Å². The molecule has 4 heterocycles. The number of benzene rings is 1. The second-order valence-electron chi connectivity index (χ2n) is 14.3. The van der Waals surface area contributed by atoms with Crippen molar-refractivity contribution >= 4 is 58.7 Å². The third kappa shape index (κ3) is 10.3. The molecular formula is C35H40ClF4N5O10S. The largest absolute Gasteiger partial charge is 0.479 e. The normalized spacial score (nSPS) is 20.4. The van der Waals surface area contributed by atoms with Gasteiger partial charge in [0.1, 0.15) is 17.5 Å². The van der Waals surface area contributed by atoms with E-state index in [-0.39, 0.29) is 49.7 Å². The van der Waals surface area contributed by atoms with Crippen LogP contribution in [0, 0.1) is 5.82 Å². The number of aliphatic imine (C=N–C) groups is 1. The maximum atomic E-state index is 14.3. The second-order valence-corrected chi connectivity index (χ2v) is 15.6. The van der Waals surface area contributed by atoms with Crippen molar-refractivity contribution in [1.82, 2.24) is 20.1 Å². The lowest BCUT2D eigenvalue weighted by Crippen LogP contribution is -2.65. The van der Waals surface area contributed by atoms with Gasteiger partial charge in [-0.05, 0) is 59.1 Å². The number of nitrogens with zero attached hydrogens (tertiary/aromatic N) is 4. The molecule has 56 heavy (non-hydrogen) atoms. The van der Waals surface area contributed by atoms with Gasteiger partial charge in [-0.1, -0.05) is 17.7 Å². The summed E-state index contributed by atoms with van der Waals surface area (Å²) in [6, 6.07) is 2.83. The fourth-order valence-electron chi connectivity index (χ4n) is 5.55. The molecule has 15 nitrogen and oxygen atoms in total. The number of hydrogen-bond acceptors (Lipinski definition) is 12. The van der Waals surface area contributed by atoms with E-state index in [0.29, 0.717) is 28.5 Å². The molecule has 0 spiro atoms. The number of amides is 1. The van der Waals surface area contributed by atoms with Gasteiger partial charge in [0.15, 0.2) is 10.8 Å². The van der Waals surface area contributed by atoms with E-state index in [1.165, 1.54) is 23.5 Å². The number of carbonyl (C=O) groups excluding carboxylic acids is 2. The number of ether oxygens (including phenoxy) is 2. The summed E-state index contributed by atoms with van der Waals surface area (Å²) in [6.45, 7) is 5.27. The van der Waals surface area contributed by atoms with Crippen LogP contribution in [-0.4, -0.2) is 128 Å². The van der Waals surface area contributed by atoms with E-state index in [1.54, 1.807) is 44.2 Å². The predicted octanol–water partition coefficient (Wildman–Crippen LogP) is 4.95. The Morgan fingerprint density at radius 3 is 2.02 bits per heavy atom. The zero-order valence-electron chi connectivity index (χ0n) is 30.6. The van der Waals surface area contributed by atoms with Crippen LogP contribution in [0.2, 0.25) is 5.02 Å². The number of alkyl halides is 3. The topological polar surface area (TPSA) is 208 Å². The van der Waals surface area contributed by atoms with Gasteiger partial charge in [-0.2, -0.15) is 0 Å². The highest BCUT2D eigenvalue weighted by Crippen LogP contribution is 2.38. The molecule has 2 aromatic rings. The molecule has 4 aliphatic rings. The van der Waals surface area contributed by atoms with Crippen molar-refractivity contribution in [3.63, 3.8) is 0 Å². The number of aliphatic carboxylic acids is 3. The molecule has 0 bridgehead atoms. The van der Waals surface area contributed by atoms with E-state index >= 15 is 0 Å². The third-order valence-corrected chi connectivity index (χ3v) is 9.78. The monoisotopic (exact) mass is 833 g/mol. The first-order chi connectivity index (χ1) is 26.0. The molecule has 21 heteroatoms. The van der Waals surface area contributed by atoms with Gasteiger partial charge in [0, 0.05) is 47.5 Å². The van der Waals surface area contributed by atoms with Gasteiger partial charge >= 0.3 is 30.0 Å². The van der Waals surface area contributed by atoms with Crippen molar-refractivity contribution in [3.05, 3.63) is 62.5 Å². The van der Waals surface area contributed by atoms with Gasteiger partial charge in [-0.25, -0.2) is 46.5 Å². The molecule has 306 valence electrons. The van der Waals surface area contributed by atoms with Crippen LogP contribution in [0.4, 0.5) is 22.4 Å². The van der Waals surface area contributed by atoms with Crippen molar-refractivity contribution in [1.29, 1.82) is 0 Å². The number of nitrogens with one attached hydrogen (secondary N) is 1. The minimum absolute atomic E-state index is 0.0345. The molecular weight excluding hydrogens is 794 g/mol. The summed E-state index contributed by atoms with van der Waals surface area (Å²) in [5, 5.41) is 31.1. The number of halogens is 5. The minimum Gasteiger partial charge on any atom is -0.479 e. The van der Waals surface area contributed by atoms with Gasteiger partial charge in [-0.3, -0.25) is 9.89 Å². The summed E-state index contributed by atoms with van der Waals surface area (Å²) in [7, 11) is 0. The quantitative estimate of drug-likeness (QED) is 0.195. The van der Waals surface area contributed by atoms with Crippen LogP contribution in [0.5, 0.6) is 0 Å². The summed E-state index contributed by atoms with van der Waals surface area (Å²) in [6.07, 6.45) is 2.01. The Morgan fingerprint density at radius 1 is 0.982 bits per heavy atom. The standard InChI is InChI=1S/C21H19ClF2N4O4S.C9H14FNO4.C5H7FO2/c1-2-32-19(29)15-14(8-28-9-21(24,10-28)20(30)31)26-17(18-25-5-6-33-18)27-16(15)12-4-3-11(23)7-13(12)22;1-8(2,3)15-7(14)11-4-9(10,5-11)6(12)13;6-5(4(7)8)2-1-3-5/h3-7,16H,2,8-10H2,1H3,(H,26,27)(H,30,31);4-5H2,1-3H3,(H,12,13);1-3H2,(H,7,8)/t16-;;/m0../s1. The van der Waals surface area contributed by atoms with Crippen LogP contribution in [0.15, 0.2) is 46.0 Å². The van der Waals surface area contributed by atoms with Crippen LogP contribution in [0.1, 0.15) is 63.6 Å². The Morgan fingerprint density at radius 2 is 1.57 bits per heavy atom. The lowest BCUT2D eigenvalue weighted by molar-refractivity contribution is -0.163. The zero-order chi connectivity index (χ0) is 41.8. The summed E-state index contributed by atoms with van der Waals surface area (Å²) >= 11 is 7.61. The summed E-state index contributed by atoms with van der Waals surface area (Å²) in [4.78, 5) is 67.2. The molecule has 6 rings (SSSR count). The number of carbonyl (C=O) groups is 5. The van der Waals surface area contributed by atoms with E-state index in [9.17, 15) is 41.5 Å². The Hall–Kier alpha value is -4.82. The fraction of sp³-hybridized carbons (Fsp3) is 0.514. The molecule has 1 atom stereocenters. The first-order valence-electron chi connectivity index (χ1n) is 17.1. The number of aromatic nitrogens is 1. The Labute approximate surface area is 326 Å². The van der Waals surface area contributed by atoms with Crippen molar-refractivity contribution < 1.29 is 66.3 Å². The first-order valence-corrected chi connectivity index (χ1v) is 18.3. The number of amidine groups is 1. The highest BCUT2D eigenvalue weighted by Gasteiger charge is 2.54. The Bertz CT molecular complexity index is 1890. The van der Waals surface area contributed by atoms with Crippen molar-refractivity contribution in [3.8, 4) is 0 Å². The Balaban J connectivity index is 0.000000248. The van der Waals surface area contributed by atoms with Crippen LogP contribution in [-0.2, 0) is 28.7 Å². The maximum absolute atomic E-state index is 14.3. The molecule has 1 aromatic carbocycles. The van der Waals surface area contributed by atoms with Gasteiger partial charge < -0.3 is 35.0 Å². The molecule has 2 saturated heterocycles. The van der Waals surface area contributed by atoms with Gasteiger partial charge in [-0.15, -0.1) is 11.3 Å². The lowest BCUT2D eigenvalue weighted by Gasteiger charge is -2.42.